The lowest BCUT2D eigenvalue weighted by atomic mass is 9.94. The molecule has 1 fully saturated rings. The monoisotopic (exact) mass is 364 g/mol. The molecule has 1 heterocycles. The van der Waals surface area contributed by atoms with E-state index < -0.39 is 17.7 Å². The van der Waals surface area contributed by atoms with Crippen LogP contribution in [0.25, 0.3) is 0 Å². The molecule has 1 aliphatic heterocycles. The maximum Gasteiger partial charge on any atom is 0.223 e. The molecule has 0 aromatic heterocycles. The van der Waals surface area contributed by atoms with E-state index in [9.17, 15) is 13.6 Å². The summed E-state index contributed by atoms with van der Waals surface area (Å²) >= 11 is 6.25. The third kappa shape index (κ3) is 4.17. The summed E-state index contributed by atoms with van der Waals surface area (Å²) in [5.74, 6) is -1.47. The van der Waals surface area contributed by atoms with Crippen LogP contribution in [0.15, 0.2) is 42.5 Å². The summed E-state index contributed by atoms with van der Waals surface area (Å²) in [5.41, 5.74) is 0.603. The molecule has 6 heteroatoms. The van der Waals surface area contributed by atoms with Gasteiger partial charge in [-0.15, -0.1) is 0 Å². The van der Waals surface area contributed by atoms with Gasteiger partial charge in [-0.05, 0) is 55.8 Å². The predicted molar refractivity (Wildman–Crippen MR) is 93.4 cm³/mol. The molecule has 0 aliphatic carbocycles. The number of halogens is 3. The molecule has 0 saturated carbocycles. The van der Waals surface area contributed by atoms with Crippen molar-refractivity contribution in [2.45, 2.75) is 18.9 Å². The maximum absolute atomic E-state index is 14.4. The molecular weight excluding hydrogens is 346 g/mol. The molecular formula is C19H19ClF2N2O. The first-order valence-corrected chi connectivity index (χ1v) is 8.64. The topological polar surface area (TPSA) is 41.1 Å². The van der Waals surface area contributed by atoms with Crippen LogP contribution in [-0.2, 0) is 4.79 Å². The van der Waals surface area contributed by atoms with Crippen LogP contribution in [0, 0.1) is 17.6 Å². The van der Waals surface area contributed by atoms with Crippen LogP contribution >= 0.6 is 11.6 Å². The Hall–Kier alpha value is -1.98. The van der Waals surface area contributed by atoms with Crippen molar-refractivity contribution in [1.82, 2.24) is 10.6 Å². The van der Waals surface area contributed by atoms with Crippen molar-refractivity contribution in [2.75, 3.05) is 13.1 Å². The molecule has 1 atom stereocenters. The molecule has 1 unspecified atom stereocenters. The minimum atomic E-state index is -0.841. The SMILES string of the molecule is O=C(NC(c1cc(F)ccc1F)c1ccccc1Cl)C1CCNCC1. The zero-order valence-corrected chi connectivity index (χ0v) is 14.3. The van der Waals surface area contributed by atoms with E-state index in [4.69, 9.17) is 11.6 Å². The number of nitrogens with one attached hydrogen (secondary N) is 2. The lowest BCUT2D eigenvalue weighted by molar-refractivity contribution is -0.126. The molecule has 25 heavy (non-hydrogen) atoms. The first-order valence-electron chi connectivity index (χ1n) is 8.26. The lowest BCUT2D eigenvalue weighted by Crippen LogP contribution is -2.40. The highest BCUT2D eigenvalue weighted by Crippen LogP contribution is 2.31. The van der Waals surface area contributed by atoms with Crippen LogP contribution in [0.3, 0.4) is 0 Å². The summed E-state index contributed by atoms with van der Waals surface area (Å²) in [6.45, 7) is 1.53. The number of piperidine rings is 1. The average molecular weight is 365 g/mol. The second kappa shape index (κ2) is 7.93. The fourth-order valence-electron chi connectivity index (χ4n) is 3.11. The first kappa shape index (κ1) is 17.8. The van der Waals surface area contributed by atoms with Crippen molar-refractivity contribution in [3.63, 3.8) is 0 Å². The highest BCUT2D eigenvalue weighted by atomic mass is 35.5. The molecule has 2 aromatic carbocycles. The van der Waals surface area contributed by atoms with E-state index in [1.807, 2.05) is 0 Å². The molecule has 1 saturated heterocycles. The van der Waals surface area contributed by atoms with Crippen molar-refractivity contribution >= 4 is 17.5 Å². The van der Waals surface area contributed by atoms with Crippen molar-refractivity contribution in [3.8, 4) is 0 Å². The molecule has 3 nitrogen and oxygen atoms in total. The van der Waals surface area contributed by atoms with Gasteiger partial charge in [0.2, 0.25) is 5.91 Å². The Balaban J connectivity index is 1.96. The van der Waals surface area contributed by atoms with Crippen molar-refractivity contribution in [2.24, 2.45) is 5.92 Å². The Bertz CT molecular complexity index is 763. The van der Waals surface area contributed by atoms with Crippen LogP contribution in [0.2, 0.25) is 5.02 Å². The smallest absolute Gasteiger partial charge is 0.223 e. The number of amides is 1. The van der Waals surface area contributed by atoms with Crippen LogP contribution < -0.4 is 10.6 Å². The van der Waals surface area contributed by atoms with Gasteiger partial charge in [-0.1, -0.05) is 29.8 Å². The minimum absolute atomic E-state index is 0.0652. The zero-order valence-electron chi connectivity index (χ0n) is 13.6. The van der Waals surface area contributed by atoms with Gasteiger partial charge in [0, 0.05) is 16.5 Å². The summed E-state index contributed by atoms with van der Waals surface area (Å²) in [4.78, 5) is 12.7. The number of carbonyl (C=O) groups excluding carboxylic acids is 1. The Morgan fingerprint density at radius 1 is 1.12 bits per heavy atom. The molecule has 0 spiro atoms. The molecule has 1 aliphatic rings. The fraction of sp³-hybridized carbons (Fsp3) is 0.316. The van der Waals surface area contributed by atoms with E-state index in [-0.39, 0.29) is 17.4 Å². The van der Waals surface area contributed by atoms with E-state index >= 15 is 0 Å². The van der Waals surface area contributed by atoms with Gasteiger partial charge in [-0.25, -0.2) is 8.78 Å². The maximum atomic E-state index is 14.4. The van der Waals surface area contributed by atoms with Gasteiger partial charge in [0.1, 0.15) is 11.6 Å². The number of hydrogen-bond donors (Lipinski definition) is 2. The summed E-state index contributed by atoms with van der Waals surface area (Å²) in [6.07, 6.45) is 1.43. The molecule has 132 valence electrons. The second-order valence-corrected chi connectivity index (χ2v) is 6.56. The van der Waals surface area contributed by atoms with Crippen LogP contribution in [0.5, 0.6) is 0 Å². The molecule has 3 rings (SSSR count). The van der Waals surface area contributed by atoms with Crippen molar-refractivity contribution < 1.29 is 13.6 Å². The first-order chi connectivity index (χ1) is 12.1. The van der Waals surface area contributed by atoms with E-state index in [0.29, 0.717) is 23.4 Å². The van der Waals surface area contributed by atoms with Gasteiger partial charge in [0.25, 0.3) is 0 Å². The Morgan fingerprint density at radius 2 is 1.84 bits per heavy atom. The minimum Gasteiger partial charge on any atom is -0.345 e. The van der Waals surface area contributed by atoms with E-state index in [2.05, 4.69) is 10.6 Å². The fourth-order valence-corrected chi connectivity index (χ4v) is 3.36. The standard InChI is InChI=1S/C19H19ClF2N2O/c20-16-4-2-1-3-14(16)18(15-11-13(21)5-6-17(15)22)24-19(25)12-7-9-23-10-8-12/h1-6,11-12,18,23H,7-10H2,(H,24,25). The van der Waals surface area contributed by atoms with Gasteiger partial charge in [0.15, 0.2) is 0 Å². The van der Waals surface area contributed by atoms with Gasteiger partial charge >= 0.3 is 0 Å². The number of benzene rings is 2. The summed E-state index contributed by atoms with van der Waals surface area (Å²) in [7, 11) is 0. The van der Waals surface area contributed by atoms with Crippen LogP contribution in [0.4, 0.5) is 8.78 Å². The highest BCUT2D eigenvalue weighted by molar-refractivity contribution is 6.31. The van der Waals surface area contributed by atoms with Gasteiger partial charge in [-0.2, -0.15) is 0 Å². The quantitative estimate of drug-likeness (QED) is 0.865. The predicted octanol–water partition coefficient (Wildman–Crippen LogP) is 3.82. The highest BCUT2D eigenvalue weighted by Gasteiger charge is 2.27. The van der Waals surface area contributed by atoms with E-state index in [1.165, 1.54) is 0 Å². The summed E-state index contributed by atoms with van der Waals surface area (Å²) in [6, 6.07) is 9.25. The average Bonchev–Trinajstić information content (AvgIpc) is 2.63. The van der Waals surface area contributed by atoms with E-state index in [1.54, 1.807) is 24.3 Å². The largest absolute Gasteiger partial charge is 0.345 e. The number of rotatable bonds is 4. The van der Waals surface area contributed by atoms with Gasteiger partial charge < -0.3 is 10.6 Å². The lowest BCUT2D eigenvalue weighted by Gasteiger charge is -2.26. The Morgan fingerprint density at radius 3 is 2.56 bits per heavy atom. The third-order valence-corrected chi connectivity index (χ3v) is 4.83. The zero-order chi connectivity index (χ0) is 17.8. The Labute approximate surface area is 150 Å². The van der Waals surface area contributed by atoms with Gasteiger partial charge in [-0.3, -0.25) is 4.79 Å². The molecule has 2 N–H and O–H groups in total. The number of hydrogen-bond acceptors (Lipinski definition) is 2. The number of carbonyl (C=O) groups is 1. The normalized spacial score (nSPS) is 16.4. The van der Waals surface area contributed by atoms with Crippen molar-refractivity contribution in [1.29, 1.82) is 0 Å². The molecule has 0 radical (unpaired) electrons. The van der Waals surface area contributed by atoms with Crippen LogP contribution in [-0.4, -0.2) is 19.0 Å². The summed E-state index contributed by atoms with van der Waals surface area (Å²) in [5, 5.41) is 6.46. The third-order valence-electron chi connectivity index (χ3n) is 4.48. The molecule has 2 aromatic rings. The molecule has 1 amide bonds. The molecule has 0 bridgehead atoms. The van der Waals surface area contributed by atoms with Gasteiger partial charge in [0.05, 0.1) is 6.04 Å². The summed E-state index contributed by atoms with van der Waals surface area (Å²) < 4.78 is 28.1. The van der Waals surface area contributed by atoms with Crippen LogP contribution in [0.1, 0.15) is 30.0 Å². The second-order valence-electron chi connectivity index (χ2n) is 6.15. The van der Waals surface area contributed by atoms with Crippen molar-refractivity contribution in [3.05, 3.63) is 70.2 Å². The van der Waals surface area contributed by atoms with E-state index in [0.717, 1.165) is 31.3 Å². The Kier molecular flexibility index (Phi) is 5.66.